The lowest BCUT2D eigenvalue weighted by atomic mass is 10.00. The topological polar surface area (TPSA) is 57.7 Å². The first kappa shape index (κ1) is 18.5. The number of alkyl halides is 3. The van der Waals surface area contributed by atoms with Gasteiger partial charge < -0.3 is 4.90 Å². The molecule has 5 nitrogen and oxygen atoms in total. The number of fused-ring (bicyclic) bond motifs is 1. The van der Waals surface area contributed by atoms with Crippen molar-refractivity contribution in [3.63, 3.8) is 0 Å². The van der Waals surface area contributed by atoms with Crippen molar-refractivity contribution < 1.29 is 26.4 Å². The lowest BCUT2D eigenvalue weighted by Gasteiger charge is -2.30. The number of carbonyl (C=O) groups is 1. The summed E-state index contributed by atoms with van der Waals surface area (Å²) in [6, 6.07) is 4.54. The second-order valence-corrected chi connectivity index (χ2v) is 9.08. The number of amides is 1. The maximum absolute atomic E-state index is 12.7. The minimum absolute atomic E-state index is 0.0270. The van der Waals surface area contributed by atoms with Gasteiger partial charge in [-0.25, -0.2) is 8.42 Å². The van der Waals surface area contributed by atoms with Gasteiger partial charge in [-0.1, -0.05) is 6.07 Å². The van der Waals surface area contributed by atoms with Crippen LogP contribution in [0.15, 0.2) is 23.1 Å². The lowest BCUT2D eigenvalue weighted by Crippen LogP contribution is -2.43. The lowest BCUT2D eigenvalue weighted by molar-refractivity contribution is -0.186. The van der Waals surface area contributed by atoms with Crippen LogP contribution in [-0.2, 0) is 27.8 Å². The van der Waals surface area contributed by atoms with Crippen LogP contribution in [0.1, 0.15) is 11.1 Å². The van der Waals surface area contributed by atoms with E-state index in [9.17, 15) is 26.4 Å². The fourth-order valence-corrected chi connectivity index (χ4v) is 5.61. The molecule has 10 heteroatoms. The first-order valence-electron chi connectivity index (χ1n) is 7.75. The summed E-state index contributed by atoms with van der Waals surface area (Å²) in [7, 11) is -3.67. The summed E-state index contributed by atoms with van der Waals surface area (Å²) < 4.78 is 64.7. The van der Waals surface area contributed by atoms with Crippen LogP contribution in [0.4, 0.5) is 13.2 Å². The van der Waals surface area contributed by atoms with Crippen molar-refractivity contribution in [2.24, 2.45) is 0 Å². The molecule has 0 atom stereocenters. The van der Waals surface area contributed by atoms with Crippen molar-refractivity contribution in [2.45, 2.75) is 24.0 Å². The molecule has 1 amide bonds. The smallest absolute Gasteiger partial charge is 0.330 e. The molecule has 1 fully saturated rings. The molecule has 1 aromatic rings. The summed E-state index contributed by atoms with van der Waals surface area (Å²) in [6.07, 6.45) is -4.65. The average Bonchev–Trinajstić information content (AvgIpc) is 2.60. The fraction of sp³-hybridized carbons (Fsp3) is 0.533. The molecule has 25 heavy (non-hydrogen) atoms. The zero-order valence-electron chi connectivity index (χ0n) is 13.3. The molecule has 1 saturated heterocycles. The van der Waals surface area contributed by atoms with Gasteiger partial charge in [-0.3, -0.25) is 4.79 Å². The van der Waals surface area contributed by atoms with Gasteiger partial charge in [0.25, 0.3) is 0 Å². The van der Waals surface area contributed by atoms with Crippen LogP contribution in [0.25, 0.3) is 0 Å². The van der Waals surface area contributed by atoms with Gasteiger partial charge in [0.1, 0.15) is 0 Å². The normalized spacial score (nSPS) is 19.6. The molecule has 0 saturated carbocycles. The van der Waals surface area contributed by atoms with Gasteiger partial charge >= 0.3 is 12.1 Å². The number of hydrogen-bond donors (Lipinski definition) is 0. The van der Waals surface area contributed by atoms with Crippen molar-refractivity contribution in [1.82, 2.24) is 9.21 Å². The third kappa shape index (κ3) is 3.80. The average molecular weight is 394 g/mol. The number of rotatable bonds is 2. The molecule has 0 spiro atoms. The molecule has 1 aromatic carbocycles. The van der Waals surface area contributed by atoms with Crippen LogP contribution in [0.2, 0.25) is 0 Å². The maximum atomic E-state index is 12.7. The summed E-state index contributed by atoms with van der Waals surface area (Å²) in [5, 5.41) is 0. The van der Waals surface area contributed by atoms with E-state index in [2.05, 4.69) is 0 Å². The Bertz CT molecular complexity index is 775. The van der Waals surface area contributed by atoms with Crippen molar-refractivity contribution in [3.05, 3.63) is 29.3 Å². The number of nitrogens with zero attached hydrogens (tertiary/aromatic N) is 2. The highest BCUT2D eigenvalue weighted by molar-refractivity contribution is 7.99. The molecule has 3 rings (SSSR count). The Morgan fingerprint density at radius 1 is 1.08 bits per heavy atom. The molecule has 0 radical (unpaired) electrons. The second kappa shape index (κ2) is 6.81. The predicted molar refractivity (Wildman–Crippen MR) is 87.7 cm³/mol. The van der Waals surface area contributed by atoms with Crippen LogP contribution in [0.3, 0.4) is 0 Å². The maximum Gasteiger partial charge on any atom is 0.471 e. The van der Waals surface area contributed by atoms with E-state index >= 15 is 0 Å². The minimum Gasteiger partial charge on any atom is -0.330 e. The number of hydrogen-bond acceptors (Lipinski definition) is 4. The van der Waals surface area contributed by atoms with E-state index in [4.69, 9.17) is 0 Å². The van der Waals surface area contributed by atoms with Gasteiger partial charge in [-0.05, 0) is 29.7 Å². The summed E-state index contributed by atoms with van der Waals surface area (Å²) in [5.41, 5.74) is 1.23. The molecule has 138 valence electrons. The number of halogens is 3. The molecule has 0 bridgehead atoms. The van der Waals surface area contributed by atoms with Gasteiger partial charge in [0.2, 0.25) is 10.0 Å². The van der Waals surface area contributed by atoms with Crippen molar-refractivity contribution >= 4 is 27.7 Å². The Labute approximate surface area is 148 Å². The standard InChI is InChI=1S/C15H17F3N2O3S2/c16-15(17,18)14(21)19-4-3-11-1-2-13(9-12(11)10-19)25(22,23)20-5-7-24-8-6-20/h1-2,9H,3-8,10H2. The summed E-state index contributed by atoms with van der Waals surface area (Å²) in [6.45, 7) is 0.583. The summed E-state index contributed by atoms with van der Waals surface area (Å²) >= 11 is 1.68. The monoisotopic (exact) mass is 394 g/mol. The highest BCUT2D eigenvalue weighted by Gasteiger charge is 2.43. The Morgan fingerprint density at radius 2 is 1.76 bits per heavy atom. The number of benzene rings is 1. The first-order valence-corrected chi connectivity index (χ1v) is 10.3. The first-order chi connectivity index (χ1) is 11.7. The number of sulfonamides is 1. The molecule has 2 aliphatic heterocycles. The Balaban J connectivity index is 1.86. The molecular weight excluding hydrogens is 377 g/mol. The Morgan fingerprint density at radius 3 is 2.40 bits per heavy atom. The van der Waals surface area contributed by atoms with E-state index in [1.807, 2.05) is 0 Å². The van der Waals surface area contributed by atoms with E-state index < -0.39 is 22.1 Å². The Hall–Kier alpha value is -1.26. The van der Waals surface area contributed by atoms with E-state index in [-0.39, 0.29) is 24.4 Å². The Kier molecular flexibility index (Phi) is 5.04. The quantitative estimate of drug-likeness (QED) is 0.769. The molecule has 0 aliphatic carbocycles. The fourth-order valence-electron chi connectivity index (χ4n) is 2.98. The van der Waals surface area contributed by atoms with Gasteiger partial charge in [0.15, 0.2) is 0 Å². The minimum atomic E-state index is -4.92. The zero-order valence-corrected chi connectivity index (χ0v) is 14.9. The third-order valence-corrected chi connectivity index (χ3v) is 7.16. The zero-order chi connectivity index (χ0) is 18.2. The van der Waals surface area contributed by atoms with Gasteiger partial charge in [0.05, 0.1) is 4.90 Å². The molecular formula is C15H17F3N2O3S2. The third-order valence-electron chi connectivity index (χ3n) is 4.33. The summed E-state index contributed by atoms with van der Waals surface area (Å²) in [5.74, 6) is -0.449. The van der Waals surface area contributed by atoms with Crippen molar-refractivity contribution in [3.8, 4) is 0 Å². The largest absolute Gasteiger partial charge is 0.471 e. The van der Waals surface area contributed by atoms with Gasteiger partial charge in [-0.2, -0.15) is 29.2 Å². The SMILES string of the molecule is O=C(N1CCc2ccc(S(=O)(=O)N3CCSCC3)cc2C1)C(F)(F)F. The number of thioether (sulfide) groups is 1. The van der Waals surface area contributed by atoms with E-state index in [1.54, 1.807) is 17.8 Å². The molecule has 0 unspecified atom stereocenters. The van der Waals surface area contributed by atoms with E-state index in [0.29, 0.717) is 18.7 Å². The highest BCUT2D eigenvalue weighted by atomic mass is 32.2. The molecule has 2 heterocycles. The van der Waals surface area contributed by atoms with Crippen molar-refractivity contribution in [1.29, 1.82) is 0 Å². The van der Waals surface area contributed by atoms with Crippen molar-refractivity contribution in [2.75, 3.05) is 31.1 Å². The van der Waals surface area contributed by atoms with E-state index in [0.717, 1.165) is 22.0 Å². The van der Waals surface area contributed by atoms with Gasteiger partial charge in [0, 0.05) is 37.7 Å². The summed E-state index contributed by atoms with van der Waals surface area (Å²) in [4.78, 5) is 12.2. The number of carbonyl (C=O) groups excluding carboxylic acids is 1. The van der Waals surface area contributed by atoms with Crippen LogP contribution in [0.5, 0.6) is 0 Å². The predicted octanol–water partition coefficient (Wildman–Crippen LogP) is 1.87. The molecule has 0 aromatic heterocycles. The molecule has 0 N–H and O–H groups in total. The highest BCUT2D eigenvalue weighted by Crippen LogP contribution is 2.28. The van der Waals surface area contributed by atoms with Crippen LogP contribution < -0.4 is 0 Å². The van der Waals surface area contributed by atoms with Crippen LogP contribution in [-0.4, -0.2) is 60.8 Å². The second-order valence-electron chi connectivity index (χ2n) is 5.92. The van der Waals surface area contributed by atoms with Gasteiger partial charge in [-0.15, -0.1) is 0 Å². The van der Waals surface area contributed by atoms with Crippen LogP contribution >= 0.6 is 11.8 Å². The van der Waals surface area contributed by atoms with Crippen LogP contribution in [0, 0.1) is 0 Å². The van der Waals surface area contributed by atoms with E-state index in [1.165, 1.54) is 16.4 Å². The molecule has 2 aliphatic rings.